The largest absolute Gasteiger partial charge is 0.371 e. The summed E-state index contributed by atoms with van der Waals surface area (Å²) in [5.74, 6) is 0. The van der Waals surface area contributed by atoms with Crippen LogP contribution >= 0.6 is 0 Å². The summed E-state index contributed by atoms with van der Waals surface area (Å²) in [7, 11) is 0. The average Bonchev–Trinajstić information content (AvgIpc) is 2.59. The van der Waals surface area contributed by atoms with Crippen molar-refractivity contribution in [1.82, 2.24) is 0 Å². The fourth-order valence-electron chi connectivity index (χ4n) is 3.24. The van der Waals surface area contributed by atoms with E-state index in [1.165, 1.54) is 63.4 Å². The van der Waals surface area contributed by atoms with Crippen LogP contribution in [0.4, 0.5) is 0 Å². The van der Waals surface area contributed by atoms with E-state index in [0.717, 1.165) is 26.1 Å². The Kier molecular flexibility index (Phi) is 6.94. The van der Waals surface area contributed by atoms with Crippen LogP contribution in [-0.2, 0) is 9.47 Å². The van der Waals surface area contributed by atoms with Crippen LogP contribution in [0.1, 0.15) is 70.6 Å². The molecule has 2 rings (SSSR count). The lowest BCUT2D eigenvalue weighted by atomic mass is 9.95. The number of hydrogen-bond acceptors (Lipinski definition) is 2. The molecule has 1 aliphatic carbocycles. The zero-order valence-corrected chi connectivity index (χ0v) is 12.4. The molecule has 19 heavy (non-hydrogen) atoms. The van der Waals surface area contributed by atoms with Crippen molar-refractivity contribution in [3.8, 4) is 0 Å². The van der Waals surface area contributed by atoms with Crippen molar-refractivity contribution in [2.24, 2.45) is 0 Å². The summed E-state index contributed by atoms with van der Waals surface area (Å²) in [6.45, 7) is 5.75. The highest BCUT2D eigenvalue weighted by atomic mass is 16.5. The highest BCUT2D eigenvalue weighted by molar-refractivity contribution is 5.10. The molecule has 0 aromatic heterocycles. The van der Waals surface area contributed by atoms with Crippen molar-refractivity contribution in [1.29, 1.82) is 0 Å². The first-order valence-corrected chi connectivity index (χ1v) is 8.30. The van der Waals surface area contributed by atoms with E-state index in [2.05, 4.69) is 6.58 Å². The highest BCUT2D eigenvalue weighted by Gasteiger charge is 2.24. The van der Waals surface area contributed by atoms with Gasteiger partial charge in [0.1, 0.15) is 0 Å². The minimum atomic E-state index is 0.246. The maximum atomic E-state index is 5.92. The van der Waals surface area contributed by atoms with Crippen LogP contribution in [0.3, 0.4) is 0 Å². The SMILES string of the molecule is C=C1C2CCCCCCCCCCCC1OCCO2. The molecular weight excluding hydrogens is 236 g/mol. The molecule has 1 saturated carbocycles. The Balaban J connectivity index is 1.89. The molecule has 2 unspecified atom stereocenters. The molecule has 2 atom stereocenters. The molecule has 2 fully saturated rings. The summed E-state index contributed by atoms with van der Waals surface area (Å²) in [5, 5.41) is 0. The molecule has 2 nitrogen and oxygen atoms in total. The van der Waals surface area contributed by atoms with Gasteiger partial charge in [-0.15, -0.1) is 0 Å². The van der Waals surface area contributed by atoms with Crippen LogP contribution in [0.5, 0.6) is 0 Å². The third kappa shape index (κ3) is 5.27. The van der Waals surface area contributed by atoms with Crippen LogP contribution in [0.2, 0.25) is 0 Å². The molecule has 0 spiro atoms. The molecule has 110 valence electrons. The quantitative estimate of drug-likeness (QED) is 0.595. The zero-order chi connectivity index (χ0) is 13.3. The molecule has 0 aromatic carbocycles. The molecule has 0 amide bonds. The smallest absolute Gasteiger partial charge is 0.0808 e. The van der Waals surface area contributed by atoms with Crippen LogP contribution < -0.4 is 0 Å². The van der Waals surface area contributed by atoms with Crippen molar-refractivity contribution >= 4 is 0 Å². The summed E-state index contributed by atoms with van der Waals surface area (Å²) < 4.78 is 11.8. The van der Waals surface area contributed by atoms with E-state index >= 15 is 0 Å². The van der Waals surface area contributed by atoms with Gasteiger partial charge in [-0.1, -0.05) is 64.4 Å². The monoisotopic (exact) mass is 266 g/mol. The molecule has 2 bridgehead atoms. The van der Waals surface area contributed by atoms with E-state index in [0.29, 0.717) is 0 Å². The van der Waals surface area contributed by atoms with Gasteiger partial charge in [-0.05, 0) is 18.4 Å². The highest BCUT2D eigenvalue weighted by Crippen LogP contribution is 2.26. The number of fused-ring (bicyclic) bond motifs is 2. The Morgan fingerprint density at radius 3 is 1.42 bits per heavy atom. The van der Waals surface area contributed by atoms with Crippen LogP contribution in [0, 0.1) is 0 Å². The molecule has 1 aliphatic heterocycles. The number of ether oxygens (including phenoxy) is 2. The first-order valence-electron chi connectivity index (χ1n) is 8.30. The minimum absolute atomic E-state index is 0.246. The zero-order valence-electron chi connectivity index (χ0n) is 12.4. The van der Waals surface area contributed by atoms with Gasteiger partial charge in [0.25, 0.3) is 0 Å². The topological polar surface area (TPSA) is 18.5 Å². The van der Waals surface area contributed by atoms with Crippen molar-refractivity contribution < 1.29 is 9.47 Å². The normalized spacial score (nSPS) is 32.3. The van der Waals surface area contributed by atoms with E-state index in [1.54, 1.807) is 0 Å². The second-order valence-corrected chi connectivity index (χ2v) is 6.05. The van der Waals surface area contributed by atoms with E-state index in [4.69, 9.17) is 9.47 Å². The molecule has 1 heterocycles. The van der Waals surface area contributed by atoms with Gasteiger partial charge in [-0.2, -0.15) is 0 Å². The maximum absolute atomic E-state index is 5.92. The Labute approximate surface area is 118 Å². The maximum Gasteiger partial charge on any atom is 0.0808 e. The average molecular weight is 266 g/mol. The Hall–Kier alpha value is -0.340. The van der Waals surface area contributed by atoms with Crippen molar-refractivity contribution in [3.05, 3.63) is 12.2 Å². The van der Waals surface area contributed by atoms with Gasteiger partial charge in [-0.3, -0.25) is 0 Å². The van der Waals surface area contributed by atoms with Crippen LogP contribution in [0.25, 0.3) is 0 Å². The van der Waals surface area contributed by atoms with Gasteiger partial charge in [0.05, 0.1) is 25.4 Å². The summed E-state index contributed by atoms with van der Waals surface area (Å²) in [4.78, 5) is 0. The predicted octanol–water partition coefficient (Wildman–Crippen LogP) is 4.63. The standard InChI is InChI=1S/C17H30O2/c1-15-16-11-9-7-5-3-2-4-6-8-10-12-17(15)19-14-13-18-16/h16-17H,1-14H2. The van der Waals surface area contributed by atoms with Gasteiger partial charge in [-0.25, -0.2) is 0 Å². The van der Waals surface area contributed by atoms with Gasteiger partial charge >= 0.3 is 0 Å². The second-order valence-electron chi connectivity index (χ2n) is 6.05. The Morgan fingerprint density at radius 2 is 1.00 bits per heavy atom. The lowest BCUT2D eigenvalue weighted by Gasteiger charge is -2.23. The van der Waals surface area contributed by atoms with E-state index in [9.17, 15) is 0 Å². The molecule has 2 aliphatic rings. The van der Waals surface area contributed by atoms with Gasteiger partial charge in [0.15, 0.2) is 0 Å². The summed E-state index contributed by atoms with van der Waals surface area (Å²) in [5.41, 5.74) is 1.20. The first kappa shape index (κ1) is 15.1. The van der Waals surface area contributed by atoms with Gasteiger partial charge in [0, 0.05) is 0 Å². The first-order chi connectivity index (χ1) is 9.38. The fraction of sp³-hybridized carbons (Fsp3) is 0.882. The fourth-order valence-corrected chi connectivity index (χ4v) is 3.24. The van der Waals surface area contributed by atoms with Crippen molar-refractivity contribution in [2.75, 3.05) is 13.2 Å². The van der Waals surface area contributed by atoms with Crippen molar-refractivity contribution in [3.63, 3.8) is 0 Å². The summed E-state index contributed by atoms with van der Waals surface area (Å²) in [6, 6.07) is 0. The van der Waals surface area contributed by atoms with Gasteiger partial charge in [0.2, 0.25) is 0 Å². The number of hydrogen-bond donors (Lipinski definition) is 0. The third-order valence-electron chi connectivity index (χ3n) is 4.48. The molecule has 0 aromatic rings. The Bertz CT molecular complexity index is 238. The molecule has 2 heteroatoms. The predicted molar refractivity (Wildman–Crippen MR) is 79.4 cm³/mol. The van der Waals surface area contributed by atoms with E-state index < -0.39 is 0 Å². The molecule has 1 saturated heterocycles. The summed E-state index contributed by atoms with van der Waals surface area (Å²) >= 11 is 0. The van der Waals surface area contributed by atoms with Crippen molar-refractivity contribution in [2.45, 2.75) is 82.8 Å². The van der Waals surface area contributed by atoms with Crippen LogP contribution in [-0.4, -0.2) is 25.4 Å². The second kappa shape index (κ2) is 8.76. The molecule has 0 radical (unpaired) electrons. The van der Waals surface area contributed by atoms with Gasteiger partial charge < -0.3 is 9.47 Å². The lowest BCUT2D eigenvalue weighted by molar-refractivity contribution is 0.0421. The molecule has 0 N–H and O–H groups in total. The Morgan fingerprint density at radius 1 is 0.632 bits per heavy atom. The van der Waals surface area contributed by atoms with E-state index in [1.807, 2.05) is 0 Å². The minimum Gasteiger partial charge on any atom is -0.371 e. The van der Waals surface area contributed by atoms with E-state index in [-0.39, 0.29) is 12.2 Å². The lowest BCUT2D eigenvalue weighted by Crippen LogP contribution is -2.22. The number of rotatable bonds is 0. The molecular formula is C17H30O2. The summed E-state index contributed by atoms with van der Waals surface area (Å²) in [6.07, 6.45) is 15.0. The van der Waals surface area contributed by atoms with Crippen LogP contribution in [0.15, 0.2) is 12.2 Å². The third-order valence-corrected chi connectivity index (χ3v) is 4.48.